The molecule has 0 spiro atoms. The van der Waals surface area contributed by atoms with E-state index in [4.69, 9.17) is 5.73 Å². The van der Waals surface area contributed by atoms with Crippen molar-refractivity contribution in [1.29, 1.82) is 0 Å². The first-order valence-electron chi connectivity index (χ1n) is 5.53. The van der Waals surface area contributed by atoms with E-state index in [1.807, 2.05) is 30.3 Å². The van der Waals surface area contributed by atoms with Crippen LogP contribution in [0.2, 0.25) is 0 Å². The molecule has 2 rings (SSSR count). The zero-order valence-electron chi connectivity index (χ0n) is 9.64. The van der Waals surface area contributed by atoms with Gasteiger partial charge in [0, 0.05) is 0 Å². The Labute approximate surface area is 104 Å². The Hall–Kier alpha value is -2.36. The molecule has 0 radical (unpaired) electrons. The average Bonchev–Trinajstić information content (AvgIpc) is 2.38. The second kappa shape index (κ2) is 5.31. The Morgan fingerprint density at radius 2 is 1.56 bits per heavy atom. The first-order valence-corrected chi connectivity index (χ1v) is 5.53. The van der Waals surface area contributed by atoms with Gasteiger partial charge in [0.2, 0.25) is 0 Å². The van der Waals surface area contributed by atoms with Crippen LogP contribution in [0.25, 0.3) is 0 Å². The van der Waals surface area contributed by atoms with Gasteiger partial charge in [-0.1, -0.05) is 42.5 Å². The number of urea groups is 1. The van der Waals surface area contributed by atoms with E-state index in [0.29, 0.717) is 0 Å². The van der Waals surface area contributed by atoms with Crippen molar-refractivity contribution in [2.24, 2.45) is 5.73 Å². The number of nitrogens with two attached hydrogens (primary N) is 1. The molecular weight excluding hydrogens is 231 g/mol. The minimum absolute atomic E-state index is 0.315. The number of amides is 2. The van der Waals surface area contributed by atoms with Crippen molar-refractivity contribution < 1.29 is 9.18 Å². The molecule has 18 heavy (non-hydrogen) atoms. The molecule has 0 aliphatic carbocycles. The topological polar surface area (TPSA) is 55.1 Å². The van der Waals surface area contributed by atoms with Crippen LogP contribution in [-0.4, -0.2) is 6.03 Å². The molecule has 1 atom stereocenters. The van der Waals surface area contributed by atoms with E-state index in [1.54, 1.807) is 12.1 Å². The maximum Gasteiger partial charge on any atom is 0.312 e. The van der Waals surface area contributed by atoms with Gasteiger partial charge >= 0.3 is 6.03 Å². The summed E-state index contributed by atoms with van der Waals surface area (Å²) in [5.41, 5.74) is 6.84. The third-order valence-corrected chi connectivity index (χ3v) is 2.62. The number of nitrogens with one attached hydrogen (secondary N) is 1. The summed E-state index contributed by atoms with van der Waals surface area (Å²) in [6, 6.07) is 14.4. The number of benzene rings is 2. The summed E-state index contributed by atoms with van der Waals surface area (Å²) in [4.78, 5) is 11.1. The van der Waals surface area contributed by atoms with Crippen molar-refractivity contribution in [2.75, 3.05) is 0 Å². The zero-order chi connectivity index (χ0) is 13.0. The minimum atomic E-state index is -0.617. The van der Waals surface area contributed by atoms with Gasteiger partial charge in [0.25, 0.3) is 0 Å². The van der Waals surface area contributed by atoms with Crippen LogP contribution in [0.15, 0.2) is 54.6 Å². The predicted octanol–water partition coefficient (Wildman–Crippen LogP) is 2.58. The monoisotopic (exact) mass is 244 g/mol. The summed E-state index contributed by atoms with van der Waals surface area (Å²) in [7, 11) is 0. The smallest absolute Gasteiger partial charge is 0.312 e. The van der Waals surface area contributed by atoms with Crippen LogP contribution in [0.1, 0.15) is 17.2 Å². The Kier molecular flexibility index (Phi) is 3.57. The third kappa shape index (κ3) is 2.85. The summed E-state index contributed by atoms with van der Waals surface area (Å²) in [5, 5.41) is 2.65. The largest absolute Gasteiger partial charge is 0.352 e. The number of rotatable bonds is 3. The molecule has 2 aromatic carbocycles. The lowest BCUT2D eigenvalue weighted by molar-refractivity contribution is 0.247. The van der Waals surface area contributed by atoms with E-state index >= 15 is 0 Å². The predicted molar refractivity (Wildman–Crippen MR) is 67.4 cm³/mol. The van der Waals surface area contributed by atoms with Crippen molar-refractivity contribution in [1.82, 2.24) is 5.32 Å². The van der Waals surface area contributed by atoms with E-state index in [0.717, 1.165) is 11.1 Å². The van der Waals surface area contributed by atoms with Crippen LogP contribution in [0.4, 0.5) is 9.18 Å². The molecule has 1 unspecified atom stereocenters. The highest BCUT2D eigenvalue weighted by Gasteiger charge is 2.14. The summed E-state index contributed by atoms with van der Waals surface area (Å²) in [6.07, 6.45) is 0. The lowest BCUT2D eigenvalue weighted by Gasteiger charge is -2.18. The van der Waals surface area contributed by atoms with Crippen molar-refractivity contribution in [3.05, 3.63) is 71.5 Å². The van der Waals surface area contributed by atoms with Gasteiger partial charge in [0.1, 0.15) is 5.82 Å². The molecule has 92 valence electrons. The highest BCUT2D eigenvalue weighted by molar-refractivity contribution is 5.72. The lowest BCUT2D eigenvalue weighted by atomic mass is 9.99. The van der Waals surface area contributed by atoms with Gasteiger partial charge in [-0.2, -0.15) is 0 Å². The first kappa shape index (κ1) is 12.1. The molecular formula is C14H13FN2O. The van der Waals surface area contributed by atoms with E-state index in [1.165, 1.54) is 12.1 Å². The molecule has 0 saturated heterocycles. The van der Waals surface area contributed by atoms with Gasteiger partial charge in [-0.25, -0.2) is 9.18 Å². The Morgan fingerprint density at radius 1 is 1.00 bits per heavy atom. The van der Waals surface area contributed by atoms with Crippen molar-refractivity contribution in [3.63, 3.8) is 0 Å². The summed E-state index contributed by atoms with van der Waals surface area (Å²) < 4.78 is 12.9. The number of halogens is 1. The zero-order valence-corrected chi connectivity index (χ0v) is 9.64. The van der Waals surface area contributed by atoms with E-state index in [9.17, 15) is 9.18 Å². The Balaban J connectivity index is 2.36. The second-order valence-electron chi connectivity index (χ2n) is 3.90. The van der Waals surface area contributed by atoms with Crippen LogP contribution < -0.4 is 11.1 Å². The Bertz CT molecular complexity index is 525. The highest BCUT2D eigenvalue weighted by atomic mass is 19.1. The second-order valence-corrected chi connectivity index (χ2v) is 3.90. The molecule has 0 heterocycles. The summed E-state index contributed by atoms with van der Waals surface area (Å²) in [6.45, 7) is 0. The van der Waals surface area contributed by atoms with Gasteiger partial charge in [-0.05, 0) is 23.3 Å². The first-order chi connectivity index (χ1) is 8.66. The van der Waals surface area contributed by atoms with Crippen LogP contribution in [0.5, 0.6) is 0 Å². The number of hydrogen-bond donors (Lipinski definition) is 2. The van der Waals surface area contributed by atoms with E-state index in [2.05, 4.69) is 5.32 Å². The summed E-state index contributed by atoms with van der Waals surface area (Å²) >= 11 is 0. The number of primary amides is 1. The lowest BCUT2D eigenvalue weighted by Crippen LogP contribution is -2.33. The fourth-order valence-electron chi connectivity index (χ4n) is 1.80. The van der Waals surface area contributed by atoms with E-state index < -0.39 is 6.03 Å². The normalized spacial score (nSPS) is 11.8. The maximum atomic E-state index is 12.9. The van der Waals surface area contributed by atoms with Crippen LogP contribution in [0.3, 0.4) is 0 Å². The van der Waals surface area contributed by atoms with Crippen LogP contribution in [-0.2, 0) is 0 Å². The molecule has 4 heteroatoms. The van der Waals surface area contributed by atoms with Gasteiger partial charge in [0.15, 0.2) is 0 Å². The van der Waals surface area contributed by atoms with Gasteiger partial charge in [-0.3, -0.25) is 0 Å². The highest BCUT2D eigenvalue weighted by Crippen LogP contribution is 2.21. The molecule has 0 bridgehead atoms. The molecule has 0 aliphatic heterocycles. The van der Waals surface area contributed by atoms with Crippen molar-refractivity contribution in [2.45, 2.75) is 6.04 Å². The molecule has 0 aliphatic rings. The third-order valence-electron chi connectivity index (χ3n) is 2.62. The fourth-order valence-corrected chi connectivity index (χ4v) is 1.80. The van der Waals surface area contributed by atoms with Gasteiger partial charge in [-0.15, -0.1) is 0 Å². The fraction of sp³-hybridized carbons (Fsp3) is 0.0714. The van der Waals surface area contributed by atoms with Gasteiger partial charge in [0.05, 0.1) is 6.04 Å². The molecule has 2 aromatic rings. The average molecular weight is 244 g/mol. The molecule has 2 amide bonds. The molecule has 0 saturated carbocycles. The van der Waals surface area contributed by atoms with Crippen LogP contribution in [0, 0.1) is 5.82 Å². The molecule has 3 N–H and O–H groups in total. The molecule has 0 fully saturated rings. The molecule has 0 aromatic heterocycles. The van der Waals surface area contributed by atoms with E-state index in [-0.39, 0.29) is 11.9 Å². The number of carbonyl (C=O) groups is 1. The quantitative estimate of drug-likeness (QED) is 0.856. The summed E-state index contributed by atoms with van der Waals surface area (Å²) in [5.74, 6) is -0.315. The maximum absolute atomic E-state index is 12.9. The van der Waals surface area contributed by atoms with Gasteiger partial charge < -0.3 is 11.1 Å². The number of hydrogen-bond acceptors (Lipinski definition) is 1. The van der Waals surface area contributed by atoms with Crippen LogP contribution >= 0.6 is 0 Å². The van der Waals surface area contributed by atoms with Crippen molar-refractivity contribution >= 4 is 6.03 Å². The Morgan fingerprint density at radius 3 is 2.11 bits per heavy atom. The molecule has 3 nitrogen and oxygen atoms in total. The van der Waals surface area contributed by atoms with Crippen molar-refractivity contribution in [3.8, 4) is 0 Å². The number of carbonyl (C=O) groups excluding carboxylic acids is 1. The minimum Gasteiger partial charge on any atom is -0.352 e. The standard InChI is InChI=1S/C14H13FN2O/c15-12-8-6-11(7-9-12)13(17-14(16)18)10-4-2-1-3-5-10/h1-9,13H,(H3,16,17,18). The SMILES string of the molecule is NC(=O)NC(c1ccccc1)c1ccc(F)cc1.